The molecule has 0 spiro atoms. The lowest BCUT2D eigenvalue weighted by Crippen LogP contribution is -3.00. The summed E-state index contributed by atoms with van der Waals surface area (Å²) < 4.78 is 144. The number of alkyl halides is 9. The van der Waals surface area contributed by atoms with Crippen LogP contribution in [0.4, 0.5) is 45.2 Å². The normalized spacial score (nSPS) is 13.9. The second kappa shape index (κ2) is 20.0. The van der Waals surface area contributed by atoms with Gasteiger partial charge in [0.25, 0.3) is 10.0 Å². The smallest absolute Gasteiger partial charge is 0.460 e. The van der Waals surface area contributed by atoms with Crippen molar-refractivity contribution in [3.8, 4) is 0 Å². The van der Waals surface area contributed by atoms with E-state index in [2.05, 4.69) is 51.2 Å². The number of halogens is 10. The van der Waals surface area contributed by atoms with Gasteiger partial charge in [-0.3, -0.25) is 9.28 Å². The summed E-state index contributed by atoms with van der Waals surface area (Å²) in [6, 6.07) is 8.55. The summed E-state index contributed by atoms with van der Waals surface area (Å²) in [5.74, 6) is -16.3. The fraction of sp³-hybridized carbons (Fsp3) is 0.767. The minimum absolute atomic E-state index is 0. The van der Waals surface area contributed by atoms with Gasteiger partial charge in [0.1, 0.15) is 11.7 Å². The molecular weight excluding hydrogens is 689 g/mol. The van der Waals surface area contributed by atoms with E-state index in [1.807, 2.05) is 6.92 Å². The van der Waals surface area contributed by atoms with Gasteiger partial charge in [0.05, 0.1) is 20.1 Å². The molecule has 0 aliphatic rings. The molecule has 6 nitrogen and oxygen atoms in total. The van der Waals surface area contributed by atoms with Crippen LogP contribution in [0.5, 0.6) is 0 Å². The maximum Gasteiger partial charge on any atom is 0.460 e. The first kappa shape index (κ1) is 47.3. The number of carbonyl (C=O) groups excluding carboxylic acids is 1. The van der Waals surface area contributed by atoms with E-state index in [1.165, 1.54) is 5.69 Å². The van der Waals surface area contributed by atoms with Crippen LogP contribution in [0.2, 0.25) is 0 Å². The van der Waals surface area contributed by atoms with Crippen molar-refractivity contribution in [1.82, 2.24) is 8.79 Å². The zero-order valence-electron chi connectivity index (χ0n) is 27.5. The number of rotatable bonds is 20. The van der Waals surface area contributed by atoms with Gasteiger partial charge < -0.3 is 18.1 Å². The number of benzene rings is 1. The molecule has 0 saturated heterocycles. The highest BCUT2D eigenvalue weighted by molar-refractivity contribution is 7.90. The molecule has 1 unspecified atom stereocenters. The van der Waals surface area contributed by atoms with Crippen LogP contribution in [0.3, 0.4) is 0 Å². The summed E-state index contributed by atoms with van der Waals surface area (Å²) in [6.07, 6.45) is -0.722. The van der Waals surface area contributed by atoms with Crippen LogP contribution < -0.4 is 22.6 Å². The predicted molar refractivity (Wildman–Crippen MR) is 162 cm³/mol. The quantitative estimate of drug-likeness (QED) is 0.109. The van der Waals surface area contributed by atoms with Gasteiger partial charge in [0, 0.05) is 6.54 Å². The summed E-state index contributed by atoms with van der Waals surface area (Å²) in [6.45, 7) is 8.54. The van der Waals surface area contributed by atoms with Crippen LogP contribution in [-0.2, 0) is 14.8 Å². The molecule has 47 heavy (non-hydrogen) atoms. The second-order valence-electron chi connectivity index (χ2n) is 11.3. The molecule has 2 N–H and O–H groups in total. The van der Waals surface area contributed by atoms with E-state index in [0.29, 0.717) is 12.8 Å². The van der Waals surface area contributed by atoms with Crippen LogP contribution in [0.15, 0.2) is 30.3 Å². The fourth-order valence-electron chi connectivity index (χ4n) is 4.68. The Morgan fingerprint density at radius 2 is 1.19 bits per heavy atom. The lowest BCUT2D eigenvalue weighted by atomic mass is 10.0. The van der Waals surface area contributed by atoms with Gasteiger partial charge in [-0.15, -0.1) is 0 Å². The highest BCUT2D eigenvalue weighted by Crippen LogP contribution is 2.55. The average molecular weight is 738 g/mol. The Hall–Kier alpha value is -1.78. The number of unbranched alkanes of at least 4 members (excludes halogenated alkanes) is 8. The number of primary amides is 1. The van der Waals surface area contributed by atoms with Crippen molar-refractivity contribution >= 4 is 21.6 Å². The topological polar surface area (TPSA) is 80.5 Å². The van der Waals surface area contributed by atoms with Gasteiger partial charge in [-0.05, 0) is 32.4 Å². The van der Waals surface area contributed by atoms with Crippen molar-refractivity contribution in [2.75, 3.05) is 26.7 Å². The Morgan fingerprint density at radius 3 is 1.55 bits per heavy atom. The lowest BCUT2D eigenvalue weighted by molar-refractivity contribution is -0.382. The van der Waals surface area contributed by atoms with Crippen molar-refractivity contribution in [2.45, 2.75) is 121 Å². The van der Waals surface area contributed by atoms with E-state index in [0.717, 1.165) is 63.0 Å². The van der Waals surface area contributed by atoms with E-state index in [4.69, 9.17) is 5.73 Å². The van der Waals surface area contributed by atoms with Crippen molar-refractivity contribution in [2.24, 2.45) is 5.73 Å². The number of para-hydroxylation sites is 1. The van der Waals surface area contributed by atoms with Gasteiger partial charge in [-0.1, -0.05) is 89.8 Å². The second-order valence-corrected chi connectivity index (χ2v) is 13.2. The van der Waals surface area contributed by atoms with E-state index in [9.17, 15) is 52.7 Å². The molecule has 0 fully saturated rings. The van der Waals surface area contributed by atoms with Gasteiger partial charge in [0.2, 0.25) is 5.91 Å². The van der Waals surface area contributed by atoms with Gasteiger partial charge in [-0.25, -0.2) is 8.42 Å². The summed E-state index contributed by atoms with van der Waals surface area (Å²) in [4.78, 5) is 11.7. The van der Waals surface area contributed by atoms with E-state index < -0.39 is 62.5 Å². The van der Waals surface area contributed by atoms with Gasteiger partial charge >= 0.3 is 23.3 Å². The molecule has 278 valence electrons. The number of hydrogen-bond donors (Lipinski definition) is 1. The maximum atomic E-state index is 14.2. The largest absolute Gasteiger partial charge is 1.00 e. The first-order chi connectivity index (χ1) is 21.1. The van der Waals surface area contributed by atoms with Crippen LogP contribution in [0.1, 0.15) is 91.9 Å². The molecule has 1 aromatic rings. The number of nitrogens with two attached hydrogens (primary N) is 1. The highest BCUT2D eigenvalue weighted by Gasteiger charge is 2.86. The van der Waals surface area contributed by atoms with Gasteiger partial charge in [0.15, 0.2) is 0 Å². The maximum absolute atomic E-state index is 14.2. The molecule has 1 aromatic carbocycles. The number of sulfonamides is 1. The van der Waals surface area contributed by atoms with E-state index in [1.54, 1.807) is 0 Å². The number of hydrogen-bond acceptors (Lipinski definition) is 3. The first-order valence-corrected chi connectivity index (χ1v) is 16.9. The number of likely N-dealkylation sites (N-methyl/N-ethyl adjacent to an activating group) is 1. The Labute approximate surface area is 279 Å². The zero-order valence-corrected chi connectivity index (χ0v) is 29.1. The number of amides is 1. The Balaban J connectivity index is 0. The van der Waals surface area contributed by atoms with Crippen LogP contribution in [0.25, 0.3) is 0 Å². The first-order valence-electron chi connectivity index (χ1n) is 15.5. The van der Waals surface area contributed by atoms with E-state index >= 15 is 0 Å². The van der Waals surface area contributed by atoms with Crippen molar-refractivity contribution in [1.29, 1.82) is 0 Å². The van der Waals surface area contributed by atoms with Gasteiger partial charge in [-0.2, -0.15) is 43.8 Å². The molecule has 0 aliphatic carbocycles. The highest BCUT2D eigenvalue weighted by atomic mass is 35.5. The lowest BCUT2D eigenvalue weighted by Gasteiger charge is -2.37. The molecule has 0 heterocycles. The Kier molecular flexibility index (Phi) is 20.2. The third kappa shape index (κ3) is 11.9. The third-order valence-corrected chi connectivity index (χ3v) is 10.1. The summed E-state index contributed by atoms with van der Waals surface area (Å²) in [7, 11) is -4.61. The Bertz CT molecular complexity index is 1140. The standard InChI is InChI=1S/C19H31F9N2O3S.C11H18N.ClH/c1-3-5-6-7-8-9-10-11-12-13-14(15(29)31)30(4-2)34(32,33)19(27,28)17(22,23)16(20,21)18(24,25)26;1-4-12(3,5-2)11-9-7-6-8-10-11;/h14H,3-13H2,1-2H3,(H2,29,31);6-10H,4-5H2,1-3H3;1H/q;+1;/p-1. The summed E-state index contributed by atoms with van der Waals surface area (Å²) >= 11 is 0. The minimum Gasteiger partial charge on any atom is -1.00 e. The van der Waals surface area contributed by atoms with Crippen LogP contribution >= 0.6 is 0 Å². The molecule has 0 aromatic heterocycles. The van der Waals surface area contributed by atoms with Crippen LogP contribution in [-0.4, -0.2) is 74.6 Å². The van der Waals surface area contributed by atoms with Crippen LogP contribution in [0, 0.1) is 0 Å². The molecular formula is C30H49ClF9N3O3S. The van der Waals surface area contributed by atoms with Crippen molar-refractivity contribution in [3.05, 3.63) is 30.3 Å². The molecule has 0 saturated carbocycles. The molecule has 17 heteroatoms. The number of quaternary nitrogens is 1. The molecule has 0 bridgehead atoms. The monoisotopic (exact) mass is 737 g/mol. The number of nitrogens with zero attached hydrogens (tertiary/aromatic N) is 2. The summed E-state index contributed by atoms with van der Waals surface area (Å²) in [5.41, 5.74) is 6.43. The Morgan fingerprint density at radius 1 is 0.766 bits per heavy atom. The molecule has 0 radical (unpaired) electrons. The third-order valence-electron chi connectivity index (χ3n) is 8.09. The van der Waals surface area contributed by atoms with E-state index in [-0.39, 0.29) is 18.8 Å². The molecule has 1 amide bonds. The minimum atomic E-state index is -7.38. The molecule has 1 rings (SSSR count). The molecule has 1 atom stereocenters. The zero-order chi connectivity index (χ0) is 36.0. The van der Waals surface area contributed by atoms with Crippen molar-refractivity contribution < 1.29 is 65.1 Å². The predicted octanol–water partition coefficient (Wildman–Crippen LogP) is 5.51. The molecule has 0 aliphatic heterocycles. The van der Waals surface area contributed by atoms with Crippen molar-refractivity contribution in [3.63, 3.8) is 0 Å². The summed E-state index contributed by atoms with van der Waals surface area (Å²) in [5, 5.41) is -6.90. The average Bonchev–Trinajstić information content (AvgIpc) is 2.98. The number of carbonyl (C=O) groups is 1. The SMILES string of the molecule is CCCCCCCCCCCC(C(N)=O)N(CC)S(=O)(=O)C(F)(F)C(F)(F)C(F)(F)C(F)(F)F.CC[N+](C)(CC)c1ccccc1.[Cl-]. The fourth-order valence-corrected chi connectivity index (χ4v) is 6.31.